The van der Waals surface area contributed by atoms with Crippen LogP contribution in [0, 0.1) is 0 Å². The third-order valence-electron chi connectivity index (χ3n) is 2.50. The number of hydrogen-bond acceptors (Lipinski definition) is 4. The van der Waals surface area contributed by atoms with Gasteiger partial charge >= 0.3 is 6.09 Å². The number of nitrogens with zero attached hydrogens (tertiary/aromatic N) is 1. The molecular weight excluding hydrogens is 222 g/mol. The van der Waals surface area contributed by atoms with Crippen LogP contribution in [0.2, 0.25) is 0 Å². The van der Waals surface area contributed by atoms with Crippen molar-refractivity contribution in [1.82, 2.24) is 4.90 Å². The fourth-order valence-electron chi connectivity index (χ4n) is 1.68. The lowest BCUT2D eigenvalue weighted by molar-refractivity contribution is -0.121. The molecule has 0 radical (unpaired) electrons. The Bertz CT molecular complexity index is 283. The van der Waals surface area contributed by atoms with Gasteiger partial charge in [0.05, 0.1) is 31.4 Å². The van der Waals surface area contributed by atoms with Crippen molar-refractivity contribution in [2.45, 2.75) is 51.9 Å². The van der Waals surface area contributed by atoms with E-state index < -0.39 is 17.3 Å². The minimum atomic E-state index is -0.528. The first-order chi connectivity index (χ1) is 7.64. The average molecular weight is 245 g/mol. The van der Waals surface area contributed by atoms with Gasteiger partial charge in [0, 0.05) is 0 Å². The van der Waals surface area contributed by atoms with Gasteiger partial charge in [0.1, 0.15) is 5.60 Å². The number of aliphatic hydroxyl groups is 1. The Labute approximate surface area is 103 Å². The normalized spacial score (nSPS) is 24.6. The maximum atomic E-state index is 12.0. The SMILES string of the molecule is CC(C)(C)OC(=O)N1CC(C)(C)OCC1CO. The number of carbonyl (C=O) groups is 1. The van der Waals surface area contributed by atoms with Crippen LogP contribution in [0.25, 0.3) is 0 Å². The van der Waals surface area contributed by atoms with Crippen molar-refractivity contribution >= 4 is 6.09 Å². The van der Waals surface area contributed by atoms with Crippen molar-refractivity contribution < 1.29 is 19.4 Å². The fraction of sp³-hybridized carbons (Fsp3) is 0.917. The van der Waals surface area contributed by atoms with E-state index in [4.69, 9.17) is 9.47 Å². The molecule has 0 spiro atoms. The molecular formula is C12H23NO4. The Morgan fingerprint density at radius 2 is 2.12 bits per heavy atom. The van der Waals surface area contributed by atoms with Crippen LogP contribution < -0.4 is 0 Å². The second-order valence-electron chi connectivity index (χ2n) is 6.02. The highest BCUT2D eigenvalue weighted by atomic mass is 16.6. The number of amides is 1. The molecule has 1 amide bonds. The van der Waals surface area contributed by atoms with Crippen molar-refractivity contribution in [2.24, 2.45) is 0 Å². The number of aliphatic hydroxyl groups excluding tert-OH is 1. The van der Waals surface area contributed by atoms with E-state index in [1.54, 1.807) is 4.90 Å². The van der Waals surface area contributed by atoms with Crippen molar-refractivity contribution in [2.75, 3.05) is 19.8 Å². The number of hydrogen-bond donors (Lipinski definition) is 1. The zero-order valence-electron chi connectivity index (χ0n) is 11.3. The van der Waals surface area contributed by atoms with Gasteiger partial charge in [-0.3, -0.25) is 4.90 Å². The first-order valence-corrected chi connectivity index (χ1v) is 5.89. The molecule has 1 rings (SSSR count). The molecule has 1 heterocycles. The maximum absolute atomic E-state index is 12.0. The highest BCUT2D eigenvalue weighted by Gasteiger charge is 2.38. The molecule has 0 saturated carbocycles. The van der Waals surface area contributed by atoms with Crippen molar-refractivity contribution in [3.05, 3.63) is 0 Å². The van der Waals surface area contributed by atoms with Crippen LogP contribution in [0.4, 0.5) is 4.79 Å². The number of morpholine rings is 1. The van der Waals surface area contributed by atoms with Gasteiger partial charge in [-0.1, -0.05) is 0 Å². The summed E-state index contributed by atoms with van der Waals surface area (Å²) < 4.78 is 10.9. The van der Waals surface area contributed by atoms with Crippen LogP contribution in [0.15, 0.2) is 0 Å². The van der Waals surface area contributed by atoms with Crippen molar-refractivity contribution in [3.63, 3.8) is 0 Å². The number of carbonyl (C=O) groups excluding carboxylic acids is 1. The minimum absolute atomic E-state index is 0.116. The third kappa shape index (κ3) is 4.16. The van der Waals surface area contributed by atoms with Gasteiger partial charge in [-0.25, -0.2) is 4.79 Å². The molecule has 1 N–H and O–H groups in total. The number of rotatable bonds is 1. The van der Waals surface area contributed by atoms with E-state index in [9.17, 15) is 9.90 Å². The Hall–Kier alpha value is -0.810. The number of ether oxygens (including phenoxy) is 2. The van der Waals surface area contributed by atoms with Crippen molar-refractivity contribution in [1.29, 1.82) is 0 Å². The summed E-state index contributed by atoms with van der Waals surface area (Å²) in [6.07, 6.45) is -0.395. The molecule has 5 nitrogen and oxygen atoms in total. The van der Waals surface area contributed by atoms with Gasteiger partial charge in [0.25, 0.3) is 0 Å². The predicted octanol–water partition coefficient (Wildman–Crippen LogP) is 1.39. The van der Waals surface area contributed by atoms with Gasteiger partial charge in [-0.2, -0.15) is 0 Å². The van der Waals surface area contributed by atoms with Crippen LogP contribution in [-0.2, 0) is 9.47 Å². The average Bonchev–Trinajstić information content (AvgIpc) is 2.13. The summed E-state index contributed by atoms with van der Waals surface area (Å²) in [5, 5.41) is 9.25. The van der Waals surface area contributed by atoms with Gasteiger partial charge < -0.3 is 14.6 Å². The first kappa shape index (κ1) is 14.3. The molecule has 0 bridgehead atoms. The van der Waals surface area contributed by atoms with Gasteiger partial charge in [-0.15, -0.1) is 0 Å². The fourth-order valence-corrected chi connectivity index (χ4v) is 1.68. The molecule has 1 saturated heterocycles. The zero-order chi connectivity index (χ0) is 13.3. The molecule has 1 fully saturated rings. The molecule has 100 valence electrons. The van der Waals surface area contributed by atoms with E-state index in [-0.39, 0.29) is 12.6 Å². The lowest BCUT2D eigenvalue weighted by Crippen LogP contribution is -2.58. The molecule has 1 aliphatic rings. The second-order valence-corrected chi connectivity index (χ2v) is 6.02. The largest absolute Gasteiger partial charge is 0.444 e. The van der Waals surface area contributed by atoms with E-state index in [1.165, 1.54) is 0 Å². The summed E-state index contributed by atoms with van der Waals surface area (Å²) in [4.78, 5) is 13.6. The van der Waals surface area contributed by atoms with Crippen LogP contribution in [-0.4, -0.2) is 53.1 Å². The van der Waals surface area contributed by atoms with Crippen LogP contribution in [0.1, 0.15) is 34.6 Å². The predicted molar refractivity (Wildman–Crippen MR) is 63.8 cm³/mol. The van der Waals surface area contributed by atoms with Crippen LogP contribution in [0.5, 0.6) is 0 Å². The van der Waals surface area contributed by atoms with E-state index in [0.29, 0.717) is 13.2 Å². The molecule has 1 aliphatic heterocycles. The van der Waals surface area contributed by atoms with Crippen LogP contribution in [0.3, 0.4) is 0 Å². The second kappa shape index (κ2) is 4.82. The Kier molecular flexibility index (Phi) is 4.04. The van der Waals surface area contributed by atoms with Gasteiger partial charge in [0.15, 0.2) is 0 Å². The Morgan fingerprint density at radius 1 is 1.53 bits per heavy atom. The monoisotopic (exact) mass is 245 g/mol. The Morgan fingerprint density at radius 3 is 2.59 bits per heavy atom. The van der Waals surface area contributed by atoms with Crippen molar-refractivity contribution in [3.8, 4) is 0 Å². The Balaban J connectivity index is 2.73. The topological polar surface area (TPSA) is 59.0 Å². The van der Waals surface area contributed by atoms with E-state index >= 15 is 0 Å². The van der Waals surface area contributed by atoms with E-state index in [1.807, 2.05) is 34.6 Å². The van der Waals surface area contributed by atoms with Crippen LogP contribution >= 0.6 is 0 Å². The molecule has 0 aromatic heterocycles. The van der Waals surface area contributed by atoms with E-state index in [0.717, 1.165) is 0 Å². The minimum Gasteiger partial charge on any atom is -0.444 e. The first-order valence-electron chi connectivity index (χ1n) is 5.89. The molecule has 5 heteroatoms. The van der Waals surface area contributed by atoms with Gasteiger partial charge in [0.2, 0.25) is 0 Å². The summed E-state index contributed by atoms with van der Waals surface area (Å²) >= 11 is 0. The zero-order valence-corrected chi connectivity index (χ0v) is 11.3. The molecule has 0 aliphatic carbocycles. The lowest BCUT2D eigenvalue weighted by atomic mass is 10.1. The molecule has 0 aromatic carbocycles. The summed E-state index contributed by atoms with van der Waals surface area (Å²) in [6.45, 7) is 9.94. The summed E-state index contributed by atoms with van der Waals surface area (Å²) in [5.41, 5.74) is -0.928. The summed E-state index contributed by atoms with van der Waals surface area (Å²) in [6, 6.07) is -0.321. The van der Waals surface area contributed by atoms with E-state index in [2.05, 4.69) is 0 Å². The van der Waals surface area contributed by atoms with Gasteiger partial charge in [-0.05, 0) is 34.6 Å². The summed E-state index contributed by atoms with van der Waals surface area (Å²) in [5.74, 6) is 0. The molecule has 1 unspecified atom stereocenters. The molecule has 0 aromatic rings. The maximum Gasteiger partial charge on any atom is 0.410 e. The molecule has 17 heavy (non-hydrogen) atoms. The smallest absolute Gasteiger partial charge is 0.410 e. The molecule has 1 atom stereocenters. The third-order valence-corrected chi connectivity index (χ3v) is 2.50. The summed E-state index contributed by atoms with van der Waals surface area (Å²) in [7, 11) is 0. The quantitative estimate of drug-likeness (QED) is 0.758. The highest BCUT2D eigenvalue weighted by molar-refractivity contribution is 5.68. The standard InChI is InChI=1S/C12H23NO4/c1-11(2,3)17-10(15)13-8-12(4,5)16-7-9(13)6-14/h9,14H,6-8H2,1-5H3. The highest BCUT2D eigenvalue weighted by Crippen LogP contribution is 2.22. The lowest BCUT2D eigenvalue weighted by Gasteiger charge is -2.43.